The van der Waals surface area contributed by atoms with Crippen LogP contribution in [0.15, 0.2) is 76.6 Å². The molecule has 0 bridgehead atoms. The average molecular weight is 465 g/mol. The molecule has 0 unspecified atom stereocenters. The molecule has 1 aliphatic rings. The summed E-state index contributed by atoms with van der Waals surface area (Å²) in [6, 6.07) is 10.7. The lowest BCUT2D eigenvalue weighted by atomic mass is 9.96. The van der Waals surface area contributed by atoms with Crippen LogP contribution in [0.2, 0.25) is 0 Å². The van der Waals surface area contributed by atoms with Gasteiger partial charge < -0.3 is 31.1 Å². The third-order valence-electron chi connectivity index (χ3n) is 4.63. The fraction of sp³-hybridized carbons (Fsp3) is 0.0870. The number of ketones is 1. The van der Waals surface area contributed by atoms with E-state index in [9.17, 15) is 24.3 Å². The van der Waals surface area contributed by atoms with Gasteiger partial charge in [-0.2, -0.15) is 0 Å². The number of benzene rings is 2. The lowest BCUT2D eigenvalue weighted by Crippen LogP contribution is -2.36. The van der Waals surface area contributed by atoms with Crippen LogP contribution in [0.1, 0.15) is 20.7 Å². The average Bonchev–Trinajstić information content (AvgIpc) is 2.81. The third kappa shape index (κ3) is 5.34. The molecule has 0 heterocycles. The molecule has 11 nitrogen and oxygen atoms in total. The Labute approximate surface area is 192 Å². The number of aliphatic hydroxyl groups excluding tert-OH is 2. The van der Waals surface area contributed by atoms with E-state index in [1.165, 1.54) is 48.5 Å². The van der Waals surface area contributed by atoms with Crippen molar-refractivity contribution in [2.75, 3.05) is 18.5 Å². The molecule has 1 aliphatic carbocycles. The molecule has 0 fully saturated rings. The number of hydrogen-bond acceptors (Lipinski definition) is 8. The Morgan fingerprint density at radius 2 is 1.44 bits per heavy atom. The molecule has 2 aromatic carbocycles. The van der Waals surface area contributed by atoms with E-state index >= 15 is 0 Å². The number of allylic oxidation sites excluding steroid dienone is 1. The zero-order valence-corrected chi connectivity index (χ0v) is 17.5. The summed E-state index contributed by atoms with van der Waals surface area (Å²) >= 11 is 0. The van der Waals surface area contributed by atoms with Crippen molar-refractivity contribution in [2.45, 2.75) is 0 Å². The minimum absolute atomic E-state index is 0.00137. The van der Waals surface area contributed by atoms with Crippen molar-refractivity contribution in [2.24, 2.45) is 4.99 Å². The maximum atomic E-state index is 12.9. The summed E-state index contributed by atoms with van der Waals surface area (Å²) in [4.78, 5) is 51.7. The number of carboxylic acids is 2. The minimum Gasteiger partial charge on any atom is -0.505 e. The van der Waals surface area contributed by atoms with Crippen molar-refractivity contribution in [3.8, 4) is 0 Å². The van der Waals surface area contributed by atoms with Crippen LogP contribution in [0.3, 0.4) is 0 Å². The van der Waals surface area contributed by atoms with Gasteiger partial charge in [0.15, 0.2) is 5.76 Å². The third-order valence-corrected chi connectivity index (χ3v) is 4.63. The second-order valence-electron chi connectivity index (χ2n) is 6.95. The van der Waals surface area contributed by atoms with Gasteiger partial charge in [-0.3, -0.25) is 9.59 Å². The van der Waals surface area contributed by atoms with Crippen LogP contribution in [0.25, 0.3) is 0 Å². The first-order valence-electron chi connectivity index (χ1n) is 9.82. The van der Waals surface area contributed by atoms with Crippen LogP contribution in [0, 0.1) is 0 Å². The number of anilines is 1. The summed E-state index contributed by atoms with van der Waals surface area (Å²) in [5.41, 5.74) is -0.416. The number of carboxylic acid groups (broad SMARTS) is 2. The Kier molecular flexibility index (Phi) is 7.19. The standard InChI is InChI=1S/C23H19N3O8/c27-10-9-24-21(30)18-19(26-15-7-3-13(4-8-15)23(33)34)17(28)11-16(20(18)29)25-14-5-1-12(2-6-14)22(31)32/h1-8,11,25,27,29H,9-10H2,(H,24,30)(H,31,32)(H,33,34). The fourth-order valence-corrected chi connectivity index (χ4v) is 2.98. The first-order valence-corrected chi connectivity index (χ1v) is 9.82. The molecule has 1 amide bonds. The number of aliphatic hydroxyl groups is 2. The molecule has 2 aromatic rings. The van der Waals surface area contributed by atoms with E-state index < -0.39 is 35.0 Å². The van der Waals surface area contributed by atoms with E-state index in [-0.39, 0.29) is 41.4 Å². The number of carbonyl (C=O) groups excluding carboxylic acids is 2. The van der Waals surface area contributed by atoms with Crippen LogP contribution in [-0.2, 0) is 9.59 Å². The lowest BCUT2D eigenvalue weighted by molar-refractivity contribution is -0.118. The molecule has 174 valence electrons. The topological polar surface area (TPSA) is 186 Å². The zero-order chi connectivity index (χ0) is 24.8. The molecule has 11 heteroatoms. The summed E-state index contributed by atoms with van der Waals surface area (Å²) in [7, 11) is 0. The number of carbonyl (C=O) groups is 4. The van der Waals surface area contributed by atoms with E-state index in [4.69, 9.17) is 15.3 Å². The summed E-state index contributed by atoms with van der Waals surface area (Å²) in [5.74, 6) is -4.46. The van der Waals surface area contributed by atoms with Crippen LogP contribution in [-0.4, -0.2) is 62.9 Å². The van der Waals surface area contributed by atoms with Gasteiger partial charge in [-0.1, -0.05) is 0 Å². The van der Waals surface area contributed by atoms with Crippen molar-refractivity contribution in [1.29, 1.82) is 0 Å². The Bertz CT molecular complexity index is 1240. The number of rotatable bonds is 8. The molecule has 0 saturated carbocycles. The van der Waals surface area contributed by atoms with Crippen molar-refractivity contribution in [3.63, 3.8) is 0 Å². The number of amides is 1. The van der Waals surface area contributed by atoms with Gasteiger partial charge in [0, 0.05) is 18.3 Å². The largest absolute Gasteiger partial charge is 0.505 e. The molecular formula is C23H19N3O8. The van der Waals surface area contributed by atoms with Crippen molar-refractivity contribution < 1.29 is 39.6 Å². The van der Waals surface area contributed by atoms with Crippen LogP contribution >= 0.6 is 0 Å². The van der Waals surface area contributed by atoms with E-state index in [0.29, 0.717) is 5.69 Å². The van der Waals surface area contributed by atoms with Gasteiger partial charge in [0.1, 0.15) is 11.3 Å². The van der Waals surface area contributed by atoms with Crippen molar-refractivity contribution in [1.82, 2.24) is 5.32 Å². The van der Waals surface area contributed by atoms with Crippen molar-refractivity contribution >= 4 is 40.7 Å². The van der Waals surface area contributed by atoms with Crippen LogP contribution < -0.4 is 10.6 Å². The minimum atomic E-state index is -1.15. The van der Waals surface area contributed by atoms with Gasteiger partial charge in [0.25, 0.3) is 5.91 Å². The van der Waals surface area contributed by atoms with Gasteiger partial charge in [-0.25, -0.2) is 14.6 Å². The van der Waals surface area contributed by atoms with Crippen LogP contribution in [0.4, 0.5) is 11.4 Å². The lowest BCUT2D eigenvalue weighted by Gasteiger charge is -2.20. The molecule has 0 saturated heterocycles. The number of hydrogen-bond donors (Lipinski definition) is 6. The van der Waals surface area contributed by atoms with E-state index in [1.807, 2.05) is 0 Å². The Hall–Kier alpha value is -4.77. The molecule has 0 radical (unpaired) electrons. The molecule has 0 spiro atoms. The van der Waals surface area contributed by atoms with Gasteiger partial charge in [0.2, 0.25) is 5.78 Å². The first-order chi connectivity index (χ1) is 16.2. The van der Waals surface area contributed by atoms with Gasteiger partial charge in [0.05, 0.1) is 29.1 Å². The summed E-state index contributed by atoms with van der Waals surface area (Å²) in [5, 5.41) is 43.0. The highest BCUT2D eigenvalue weighted by Crippen LogP contribution is 2.25. The van der Waals surface area contributed by atoms with E-state index in [2.05, 4.69) is 15.6 Å². The molecule has 0 atom stereocenters. The summed E-state index contributed by atoms with van der Waals surface area (Å²) in [6.45, 7) is -0.527. The quantitative estimate of drug-likeness (QED) is 0.315. The SMILES string of the molecule is O=C1C=C(Nc2ccc(C(=O)O)cc2)C(O)=C(C(=O)NCCO)C1=Nc1ccc(C(=O)O)cc1. The highest BCUT2D eigenvalue weighted by Gasteiger charge is 2.32. The van der Waals surface area contributed by atoms with Gasteiger partial charge in [-0.15, -0.1) is 0 Å². The normalized spacial score (nSPS) is 14.6. The maximum Gasteiger partial charge on any atom is 0.335 e. The molecular weight excluding hydrogens is 446 g/mol. The number of nitrogens with one attached hydrogen (secondary N) is 2. The smallest absolute Gasteiger partial charge is 0.335 e. The number of aromatic carboxylic acids is 2. The molecule has 6 N–H and O–H groups in total. The number of nitrogens with zero attached hydrogens (tertiary/aromatic N) is 1. The summed E-state index contributed by atoms with van der Waals surface area (Å²) in [6.07, 6.45) is 1.02. The second kappa shape index (κ2) is 10.2. The Morgan fingerprint density at radius 3 is 1.97 bits per heavy atom. The maximum absolute atomic E-state index is 12.9. The predicted octanol–water partition coefficient (Wildman–Crippen LogP) is 1.65. The molecule has 3 rings (SSSR count). The Balaban J connectivity index is 2.00. The first kappa shape index (κ1) is 23.9. The van der Waals surface area contributed by atoms with Crippen molar-refractivity contribution in [3.05, 3.63) is 82.8 Å². The fourth-order valence-electron chi connectivity index (χ4n) is 2.98. The highest BCUT2D eigenvalue weighted by molar-refractivity contribution is 6.56. The molecule has 34 heavy (non-hydrogen) atoms. The van der Waals surface area contributed by atoms with Gasteiger partial charge in [-0.05, 0) is 48.5 Å². The summed E-state index contributed by atoms with van der Waals surface area (Å²) < 4.78 is 0. The molecule has 0 aliphatic heterocycles. The Morgan fingerprint density at radius 1 is 0.882 bits per heavy atom. The number of aliphatic imine (C=N–C) groups is 1. The van der Waals surface area contributed by atoms with E-state index in [1.54, 1.807) is 0 Å². The van der Waals surface area contributed by atoms with E-state index in [0.717, 1.165) is 6.08 Å². The monoisotopic (exact) mass is 465 g/mol. The molecule has 0 aromatic heterocycles. The highest BCUT2D eigenvalue weighted by atomic mass is 16.4. The predicted molar refractivity (Wildman–Crippen MR) is 120 cm³/mol. The second-order valence-corrected chi connectivity index (χ2v) is 6.95. The van der Waals surface area contributed by atoms with Gasteiger partial charge >= 0.3 is 11.9 Å². The zero-order valence-electron chi connectivity index (χ0n) is 17.5. The van der Waals surface area contributed by atoms with Crippen LogP contribution in [0.5, 0.6) is 0 Å².